The topological polar surface area (TPSA) is 91.8 Å². The first kappa shape index (κ1) is 26.8. The van der Waals surface area contributed by atoms with Crippen molar-refractivity contribution in [3.63, 3.8) is 0 Å². The van der Waals surface area contributed by atoms with Crippen molar-refractivity contribution in [2.45, 2.75) is 75.8 Å². The zero-order valence-electron chi connectivity index (χ0n) is 21.8. The Morgan fingerprint density at radius 1 is 0.865 bits per heavy atom. The van der Waals surface area contributed by atoms with Gasteiger partial charge in [0.15, 0.2) is 0 Å². The van der Waals surface area contributed by atoms with Gasteiger partial charge in [-0.3, -0.25) is 0 Å². The number of piperidine rings is 1. The van der Waals surface area contributed by atoms with Gasteiger partial charge in [0.25, 0.3) is 0 Å². The highest BCUT2D eigenvalue weighted by Gasteiger charge is 2.47. The van der Waals surface area contributed by atoms with Crippen LogP contribution in [0.3, 0.4) is 0 Å². The van der Waals surface area contributed by atoms with Crippen LogP contribution in [0.25, 0.3) is 10.8 Å². The van der Waals surface area contributed by atoms with Gasteiger partial charge in [-0.05, 0) is 67.2 Å². The molecule has 7 nitrogen and oxygen atoms in total. The Balaban J connectivity index is 1.30. The number of hydrogen-bond donors (Lipinski definition) is 0. The van der Waals surface area contributed by atoms with Gasteiger partial charge in [0.2, 0.25) is 20.0 Å². The molecule has 202 valence electrons. The molecule has 37 heavy (non-hydrogen) atoms. The Hall–Kier alpha value is -1.81. The molecule has 2 saturated carbocycles. The summed E-state index contributed by atoms with van der Waals surface area (Å²) in [4.78, 5) is 11.4. The number of sulfonamides is 2. The summed E-state index contributed by atoms with van der Waals surface area (Å²) in [5, 5.41) is 1.62. The van der Waals surface area contributed by atoms with Gasteiger partial charge < -0.3 is 4.79 Å². The summed E-state index contributed by atoms with van der Waals surface area (Å²) in [7, 11) is -7.20. The number of fused-ring (bicyclic) bond motifs is 1. The number of rotatable bonds is 9. The van der Waals surface area contributed by atoms with Crippen molar-refractivity contribution >= 4 is 37.1 Å². The lowest BCUT2D eigenvalue weighted by Gasteiger charge is -2.39. The molecular formula is C28H38N2O5S2. The first-order chi connectivity index (χ1) is 17.6. The van der Waals surface area contributed by atoms with E-state index >= 15 is 0 Å². The maximum absolute atomic E-state index is 14.0. The monoisotopic (exact) mass is 546 g/mol. The summed E-state index contributed by atoms with van der Waals surface area (Å²) in [6, 6.07) is 12.7. The van der Waals surface area contributed by atoms with Gasteiger partial charge in [0.05, 0.1) is 10.6 Å². The van der Waals surface area contributed by atoms with Crippen molar-refractivity contribution < 1.29 is 21.6 Å². The minimum absolute atomic E-state index is 0.00818. The molecule has 0 spiro atoms. The molecule has 1 aliphatic heterocycles. The third-order valence-electron chi connectivity index (χ3n) is 9.15. The molecule has 1 saturated heterocycles. The van der Waals surface area contributed by atoms with E-state index in [-0.39, 0.29) is 35.1 Å². The molecule has 0 aromatic heterocycles. The number of aldehydes is 1. The second kappa shape index (κ2) is 10.1. The lowest BCUT2D eigenvalue weighted by atomic mass is 9.75. The maximum Gasteiger partial charge on any atom is 0.244 e. The van der Waals surface area contributed by atoms with E-state index in [4.69, 9.17) is 0 Å². The Labute approximate surface area is 221 Å². The zero-order chi connectivity index (χ0) is 26.4. The number of benzene rings is 2. The van der Waals surface area contributed by atoms with E-state index in [2.05, 4.69) is 13.8 Å². The molecule has 9 heteroatoms. The molecular weight excluding hydrogens is 508 g/mol. The van der Waals surface area contributed by atoms with Gasteiger partial charge in [0, 0.05) is 37.0 Å². The van der Waals surface area contributed by atoms with Crippen molar-refractivity contribution in [2.75, 3.05) is 18.8 Å². The third kappa shape index (κ3) is 5.12. The van der Waals surface area contributed by atoms with Crippen LogP contribution in [-0.4, -0.2) is 62.7 Å². The first-order valence-electron chi connectivity index (χ1n) is 13.5. The Morgan fingerprint density at radius 3 is 2.16 bits per heavy atom. The van der Waals surface area contributed by atoms with Gasteiger partial charge in [-0.2, -0.15) is 4.31 Å². The van der Waals surface area contributed by atoms with Gasteiger partial charge >= 0.3 is 0 Å². The van der Waals surface area contributed by atoms with Crippen molar-refractivity contribution in [1.82, 2.24) is 8.61 Å². The molecule has 3 aliphatic rings. The van der Waals surface area contributed by atoms with Crippen LogP contribution in [0, 0.1) is 17.3 Å². The lowest BCUT2D eigenvalue weighted by Crippen LogP contribution is -2.50. The predicted molar refractivity (Wildman–Crippen MR) is 145 cm³/mol. The standard InChI is InChI=1S/C28H38N2O5S2/c1-28(2)22(16-19-31)10-11-23(28)20-36(32,33)29-17-14-25(15-18-29)30(24-12-13-24)37(34,35)27-9-5-7-21-6-3-4-8-26(21)27/h3-9,19,22-25H,10-18,20H2,1-2H3. The molecule has 2 aromatic rings. The van der Waals surface area contributed by atoms with Crippen LogP contribution < -0.4 is 0 Å². The van der Waals surface area contributed by atoms with E-state index in [1.807, 2.05) is 30.3 Å². The van der Waals surface area contributed by atoms with E-state index in [9.17, 15) is 21.6 Å². The maximum atomic E-state index is 14.0. The highest BCUT2D eigenvalue weighted by Crippen LogP contribution is 2.49. The molecule has 2 aliphatic carbocycles. The molecule has 0 bridgehead atoms. The van der Waals surface area contributed by atoms with Crippen LogP contribution in [0.2, 0.25) is 0 Å². The van der Waals surface area contributed by atoms with Crippen molar-refractivity contribution in [1.29, 1.82) is 0 Å². The lowest BCUT2D eigenvalue weighted by molar-refractivity contribution is -0.109. The highest BCUT2D eigenvalue weighted by atomic mass is 32.2. The summed E-state index contributed by atoms with van der Waals surface area (Å²) in [6.07, 6.45) is 5.84. The van der Waals surface area contributed by atoms with Gasteiger partial charge in [-0.25, -0.2) is 21.1 Å². The molecule has 0 N–H and O–H groups in total. The fraction of sp³-hybridized carbons (Fsp3) is 0.607. The second-order valence-electron chi connectivity index (χ2n) is 11.6. The third-order valence-corrected chi connectivity index (χ3v) is 13.2. The normalized spacial score (nSPS) is 25.6. The van der Waals surface area contributed by atoms with Crippen LogP contribution >= 0.6 is 0 Å². The van der Waals surface area contributed by atoms with E-state index < -0.39 is 20.0 Å². The van der Waals surface area contributed by atoms with Crippen LogP contribution in [0.15, 0.2) is 47.4 Å². The first-order valence-corrected chi connectivity index (χ1v) is 16.5. The number of nitrogens with zero attached hydrogens (tertiary/aromatic N) is 2. The van der Waals surface area contributed by atoms with E-state index in [0.717, 1.165) is 42.7 Å². The van der Waals surface area contributed by atoms with Crippen molar-refractivity contribution in [3.8, 4) is 0 Å². The average Bonchev–Trinajstić information content (AvgIpc) is 3.66. The number of carbonyl (C=O) groups excluding carboxylic acids is 1. The van der Waals surface area contributed by atoms with Gasteiger partial charge in [-0.1, -0.05) is 50.2 Å². The zero-order valence-corrected chi connectivity index (χ0v) is 23.4. The molecule has 2 unspecified atom stereocenters. The summed E-state index contributed by atoms with van der Waals surface area (Å²) in [6.45, 7) is 4.86. The summed E-state index contributed by atoms with van der Waals surface area (Å²) in [5.41, 5.74) is -0.193. The van der Waals surface area contributed by atoms with E-state index in [1.54, 1.807) is 20.7 Å². The quantitative estimate of drug-likeness (QED) is 0.434. The Kier molecular flexibility index (Phi) is 7.28. The van der Waals surface area contributed by atoms with Crippen LogP contribution in [0.1, 0.15) is 58.8 Å². The molecule has 0 amide bonds. The van der Waals surface area contributed by atoms with Gasteiger partial charge in [-0.15, -0.1) is 0 Å². The summed E-state index contributed by atoms with van der Waals surface area (Å²) in [5.74, 6) is 0.345. The SMILES string of the molecule is CC1(C)C(CC=O)CCC1CS(=O)(=O)N1CCC(N(C2CC2)S(=O)(=O)c2cccc3ccccc23)CC1. The van der Waals surface area contributed by atoms with Crippen molar-refractivity contribution in [2.24, 2.45) is 17.3 Å². The largest absolute Gasteiger partial charge is 0.303 e. The number of carbonyl (C=O) groups is 1. The van der Waals surface area contributed by atoms with Crippen LogP contribution in [0.4, 0.5) is 0 Å². The van der Waals surface area contributed by atoms with Gasteiger partial charge in [0.1, 0.15) is 6.29 Å². The minimum Gasteiger partial charge on any atom is -0.303 e. The Morgan fingerprint density at radius 2 is 1.49 bits per heavy atom. The molecule has 1 heterocycles. The fourth-order valence-corrected chi connectivity index (χ4v) is 10.8. The van der Waals surface area contributed by atoms with E-state index in [0.29, 0.717) is 37.2 Å². The second-order valence-corrected chi connectivity index (χ2v) is 15.5. The molecule has 2 aromatic carbocycles. The molecule has 0 radical (unpaired) electrons. The predicted octanol–water partition coefficient (Wildman–Crippen LogP) is 4.43. The van der Waals surface area contributed by atoms with Crippen LogP contribution in [-0.2, 0) is 24.8 Å². The van der Waals surface area contributed by atoms with Crippen LogP contribution in [0.5, 0.6) is 0 Å². The molecule has 5 rings (SSSR count). The van der Waals surface area contributed by atoms with Crippen molar-refractivity contribution in [3.05, 3.63) is 42.5 Å². The van der Waals surface area contributed by atoms with E-state index in [1.165, 1.54) is 0 Å². The Bertz CT molecular complexity index is 1350. The number of hydrogen-bond acceptors (Lipinski definition) is 5. The molecule has 3 fully saturated rings. The fourth-order valence-electron chi connectivity index (χ4n) is 6.60. The average molecular weight is 547 g/mol. The summed E-state index contributed by atoms with van der Waals surface area (Å²) < 4.78 is 58.0. The molecule has 2 atom stereocenters. The highest BCUT2D eigenvalue weighted by molar-refractivity contribution is 7.89. The minimum atomic E-state index is -3.73. The smallest absolute Gasteiger partial charge is 0.244 e. The summed E-state index contributed by atoms with van der Waals surface area (Å²) >= 11 is 0.